The van der Waals surface area contributed by atoms with Crippen LogP contribution in [0.3, 0.4) is 0 Å². The quantitative estimate of drug-likeness (QED) is 0.225. The molecule has 11 heteroatoms. The van der Waals surface area contributed by atoms with Crippen molar-refractivity contribution in [2.45, 2.75) is 23.7 Å². The van der Waals surface area contributed by atoms with E-state index >= 15 is 0 Å². The Hall–Kier alpha value is -4.64. The molecule has 7 nitrogen and oxygen atoms in total. The molecule has 0 saturated carbocycles. The molecule has 0 fully saturated rings. The van der Waals surface area contributed by atoms with Crippen LogP contribution in [0.4, 0.5) is 35.0 Å². The van der Waals surface area contributed by atoms with Gasteiger partial charge in [0.1, 0.15) is 0 Å². The summed E-state index contributed by atoms with van der Waals surface area (Å²) in [6, 6.07) is 22.7. The molecular weight excluding hydrogens is 543 g/mol. The molecule has 0 aliphatic heterocycles. The summed E-state index contributed by atoms with van der Waals surface area (Å²) < 4.78 is 65.7. The molecule has 0 spiro atoms. The summed E-state index contributed by atoms with van der Waals surface area (Å²) in [5, 5.41) is 7.59. The Morgan fingerprint density at radius 2 is 1.43 bits per heavy atom. The second-order valence-electron chi connectivity index (χ2n) is 8.87. The number of urea groups is 1. The lowest BCUT2D eigenvalue weighted by Gasteiger charge is -2.16. The Morgan fingerprint density at radius 1 is 0.750 bits per heavy atom. The van der Waals surface area contributed by atoms with Crippen LogP contribution in [0.2, 0.25) is 0 Å². The SMILES string of the molecule is CC(=O)Nc1cccc(-c2ccc(S(=O)(=O)Cc3ccccc3)cc2NC(=O)Nc2cccc(C(F)(F)F)c2)c1. The van der Waals surface area contributed by atoms with Gasteiger partial charge in [-0.1, -0.05) is 54.6 Å². The van der Waals surface area contributed by atoms with E-state index in [4.69, 9.17) is 0 Å². The lowest BCUT2D eigenvalue weighted by atomic mass is 10.0. The first-order valence-electron chi connectivity index (χ1n) is 11.9. The van der Waals surface area contributed by atoms with E-state index in [-0.39, 0.29) is 27.9 Å². The van der Waals surface area contributed by atoms with Crippen molar-refractivity contribution in [3.05, 3.63) is 108 Å². The van der Waals surface area contributed by atoms with Gasteiger partial charge in [-0.3, -0.25) is 4.79 Å². The molecule has 0 aromatic heterocycles. The van der Waals surface area contributed by atoms with E-state index in [1.807, 2.05) is 0 Å². The normalized spacial score (nSPS) is 11.5. The summed E-state index contributed by atoms with van der Waals surface area (Å²) in [7, 11) is -3.83. The van der Waals surface area contributed by atoms with Gasteiger partial charge in [-0.05, 0) is 53.6 Å². The first-order valence-corrected chi connectivity index (χ1v) is 13.6. The highest BCUT2D eigenvalue weighted by molar-refractivity contribution is 7.90. The fourth-order valence-electron chi connectivity index (χ4n) is 3.97. The zero-order valence-corrected chi connectivity index (χ0v) is 21.9. The van der Waals surface area contributed by atoms with Crippen LogP contribution in [-0.4, -0.2) is 20.4 Å². The third-order valence-corrected chi connectivity index (χ3v) is 7.43. The Kier molecular flexibility index (Phi) is 8.24. The van der Waals surface area contributed by atoms with Gasteiger partial charge in [0.25, 0.3) is 0 Å². The molecule has 0 bridgehead atoms. The number of sulfone groups is 1. The van der Waals surface area contributed by atoms with Gasteiger partial charge < -0.3 is 16.0 Å². The molecule has 4 aromatic rings. The van der Waals surface area contributed by atoms with Gasteiger partial charge in [0.2, 0.25) is 5.91 Å². The molecule has 4 rings (SSSR count). The largest absolute Gasteiger partial charge is 0.416 e. The number of rotatable bonds is 7. The fraction of sp³-hybridized carbons (Fsp3) is 0.103. The first kappa shape index (κ1) is 28.4. The van der Waals surface area contributed by atoms with Gasteiger partial charge in [0.05, 0.1) is 21.9 Å². The molecular formula is C29H24F3N3O4S. The van der Waals surface area contributed by atoms with Crippen LogP contribution < -0.4 is 16.0 Å². The number of alkyl halides is 3. The number of anilines is 3. The average Bonchev–Trinajstić information content (AvgIpc) is 2.88. The summed E-state index contributed by atoms with van der Waals surface area (Å²) in [6.07, 6.45) is -4.60. The molecule has 0 aliphatic carbocycles. The molecule has 0 unspecified atom stereocenters. The van der Waals surface area contributed by atoms with E-state index in [9.17, 15) is 31.2 Å². The summed E-state index contributed by atoms with van der Waals surface area (Å²) in [5.74, 6) is -0.570. The number of carbonyl (C=O) groups is 2. The minimum atomic E-state index is -4.60. The fourth-order valence-corrected chi connectivity index (χ4v) is 5.35. The van der Waals surface area contributed by atoms with Gasteiger partial charge in [0.15, 0.2) is 9.84 Å². The topological polar surface area (TPSA) is 104 Å². The summed E-state index contributed by atoms with van der Waals surface area (Å²) in [6.45, 7) is 1.35. The summed E-state index contributed by atoms with van der Waals surface area (Å²) >= 11 is 0. The van der Waals surface area contributed by atoms with E-state index in [0.717, 1.165) is 18.2 Å². The zero-order valence-electron chi connectivity index (χ0n) is 21.1. The third kappa shape index (κ3) is 7.26. The maximum atomic E-state index is 13.2. The minimum absolute atomic E-state index is 0.0625. The number of carbonyl (C=O) groups excluding carboxylic acids is 2. The zero-order chi connectivity index (χ0) is 28.9. The number of halogens is 3. The molecule has 0 radical (unpaired) electrons. The Balaban J connectivity index is 1.70. The van der Waals surface area contributed by atoms with E-state index in [0.29, 0.717) is 22.4 Å². The molecule has 0 heterocycles. The van der Waals surface area contributed by atoms with E-state index in [1.54, 1.807) is 54.6 Å². The number of benzene rings is 4. The van der Waals surface area contributed by atoms with Crippen LogP contribution in [0, 0.1) is 0 Å². The number of nitrogens with one attached hydrogen (secondary N) is 3. The van der Waals surface area contributed by atoms with Crippen LogP contribution in [0.25, 0.3) is 11.1 Å². The van der Waals surface area contributed by atoms with Crippen LogP contribution in [0.5, 0.6) is 0 Å². The average molecular weight is 568 g/mol. The molecule has 4 aromatic carbocycles. The van der Waals surface area contributed by atoms with Crippen molar-refractivity contribution >= 4 is 38.8 Å². The second kappa shape index (κ2) is 11.6. The van der Waals surface area contributed by atoms with Gasteiger partial charge in [-0.2, -0.15) is 13.2 Å². The minimum Gasteiger partial charge on any atom is -0.326 e. The Morgan fingerprint density at radius 3 is 2.10 bits per heavy atom. The van der Waals surface area contributed by atoms with E-state index in [2.05, 4.69) is 16.0 Å². The Bertz CT molecular complexity index is 1660. The standard InChI is InChI=1S/C29H24F3N3O4S/c1-19(36)33-23-11-5-9-21(15-23)26-14-13-25(40(38,39)18-20-7-3-2-4-8-20)17-27(26)35-28(37)34-24-12-6-10-22(16-24)29(30,31)32/h2-17H,18H2,1H3,(H,33,36)(H2,34,35,37). The van der Waals surface area contributed by atoms with Crippen LogP contribution >= 0.6 is 0 Å². The third-order valence-electron chi connectivity index (χ3n) is 5.74. The summed E-state index contributed by atoms with van der Waals surface area (Å²) in [5.41, 5.74) is 1.08. The molecule has 40 heavy (non-hydrogen) atoms. The molecule has 3 N–H and O–H groups in total. The lowest BCUT2D eigenvalue weighted by molar-refractivity contribution is -0.137. The van der Waals surface area contributed by atoms with Gasteiger partial charge in [-0.25, -0.2) is 13.2 Å². The maximum absolute atomic E-state index is 13.2. The van der Waals surface area contributed by atoms with Crippen molar-refractivity contribution in [2.24, 2.45) is 0 Å². The van der Waals surface area contributed by atoms with Crippen LogP contribution in [0.1, 0.15) is 18.1 Å². The molecule has 206 valence electrons. The van der Waals surface area contributed by atoms with Gasteiger partial charge in [0, 0.05) is 23.9 Å². The van der Waals surface area contributed by atoms with Crippen molar-refractivity contribution in [1.82, 2.24) is 0 Å². The van der Waals surface area contributed by atoms with Gasteiger partial charge in [-0.15, -0.1) is 0 Å². The smallest absolute Gasteiger partial charge is 0.326 e. The van der Waals surface area contributed by atoms with Crippen molar-refractivity contribution < 1.29 is 31.2 Å². The number of hydrogen-bond donors (Lipinski definition) is 3. The predicted octanol–water partition coefficient (Wildman–Crippen LogP) is 6.95. The van der Waals surface area contributed by atoms with Crippen LogP contribution in [-0.2, 0) is 26.6 Å². The van der Waals surface area contributed by atoms with Crippen molar-refractivity contribution in [3.63, 3.8) is 0 Å². The molecule has 0 aliphatic rings. The van der Waals surface area contributed by atoms with Crippen molar-refractivity contribution in [3.8, 4) is 11.1 Å². The summed E-state index contributed by atoms with van der Waals surface area (Å²) in [4.78, 5) is 24.3. The maximum Gasteiger partial charge on any atom is 0.416 e. The molecule has 0 atom stereocenters. The lowest BCUT2D eigenvalue weighted by Crippen LogP contribution is -2.20. The first-order chi connectivity index (χ1) is 18.9. The second-order valence-corrected chi connectivity index (χ2v) is 10.9. The number of amides is 3. The van der Waals surface area contributed by atoms with Crippen molar-refractivity contribution in [2.75, 3.05) is 16.0 Å². The molecule has 0 saturated heterocycles. The number of hydrogen-bond acceptors (Lipinski definition) is 4. The molecule has 3 amide bonds. The van der Waals surface area contributed by atoms with Crippen molar-refractivity contribution in [1.29, 1.82) is 0 Å². The van der Waals surface area contributed by atoms with Crippen LogP contribution in [0.15, 0.2) is 102 Å². The van der Waals surface area contributed by atoms with Gasteiger partial charge >= 0.3 is 12.2 Å². The monoisotopic (exact) mass is 567 g/mol. The highest BCUT2D eigenvalue weighted by Crippen LogP contribution is 2.34. The van der Waals surface area contributed by atoms with E-state index in [1.165, 1.54) is 31.2 Å². The predicted molar refractivity (Wildman–Crippen MR) is 148 cm³/mol. The Labute approximate surface area is 229 Å². The highest BCUT2D eigenvalue weighted by atomic mass is 32.2. The highest BCUT2D eigenvalue weighted by Gasteiger charge is 2.30. The van der Waals surface area contributed by atoms with E-state index < -0.39 is 27.6 Å².